The van der Waals surface area contributed by atoms with Crippen molar-refractivity contribution in [3.8, 4) is 0 Å². The van der Waals surface area contributed by atoms with Crippen LogP contribution in [0, 0.1) is 6.92 Å². The van der Waals surface area contributed by atoms with Gasteiger partial charge in [-0.25, -0.2) is 8.42 Å². The predicted molar refractivity (Wildman–Crippen MR) is 97.4 cm³/mol. The van der Waals surface area contributed by atoms with Crippen molar-refractivity contribution in [2.45, 2.75) is 30.7 Å². The van der Waals surface area contributed by atoms with Crippen LogP contribution in [0.4, 0.5) is 5.69 Å². The molecule has 0 atom stereocenters. The third-order valence-corrected chi connectivity index (χ3v) is 6.50. The van der Waals surface area contributed by atoms with Gasteiger partial charge in [0, 0.05) is 19.1 Å². The van der Waals surface area contributed by atoms with Gasteiger partial charge in [-0.15, -0.1) is 10.2 Å². The van der Waals surface area contributed by atoms with E-state index in [1.807, 2.05) is 19.1 Å². The van der Waals surface area contributed by atoms with Gasteiger partial charge in [-0.05, 0) is 38.0 Å². The molecular weight excluding hydrogens is 352 g/mol. The second kappa shape index (κ2) is 6.65. The van der Waals surface area contributed by atoms with Crippen LogP contribution in [0.2, 0.25) is 0 Å². The van der Waals surface area contributed by atoms with E-state index in [-0.39, 0.29) is 6.04 Å². The molecule has 0 spiro atoms. The van der Waals surface area contributed by atoms with Gasteiger partial charge < -0.3 is 5.32 Å². The van der Waals surface area contributed by atoms with Crippen LogP contribution in [0.5, 0.6) is 0 Å². The molecule has 1 fully saturated rings. The first-order valence-electron chi connectivity index (χ1n) is 8.53. The van der Waals surface area contributed by atoms with Crippen molar-refractivity contribution in [2.75, 3.05) is 18.4 Å². The van der Waals surface area contributed by atoms with Crippen LogP contribution in [0.25, 0.3) is 5.65 Å². The van der Waals surface area contributed by atoms with Crippen molar-refractivity contribution < 1.29 is 8.42 Å². The Morgan fingerprint density at radius 1 is 1.15 bits per heavy atom. The van der Waals surface area contributed by atoms with Gasteiger partial charge in [-0.2, -0.15) is 13.9 Å². The topological polar surface area (TPSA) is 92.5 Å². The zero-order chi connectivity index (χ0) is 18.1. The molecule has 0 saturated carbocycles. The highest BCUT2D eigenvalue weighted by molar-refractivity contribution is 7.89. The first-order valence-corrected chi connectivity index (χ1v) is 9.97. The minimum Gasteiger partial charge on any atom is -0.379 e. The predicted octanol–water partition coefficient (Wildman–Crippen LogP) is 1.70. The average Bonchev–Trinajstić information content (AvgIpc) is 3.11. The first kappa shape index (κ1) is 16.9. The summed E-state index contributed by atoms with van der Waals surface area (Å²) in [6.07, 6.45) is 3.03. The molecule has 0 unspecified atom stereocenters. The van der Waals surface area contributed by atoms with E-state index < -0.39 is 10.0 Å². The van der Waals surface area contributed by atoms with E-state index in [9.17, 15) is 8.42 Å². The van der Waals surface area contributed by atoms with Gasteiger partial charge in [-0.1, -0.05) is 18.2 Å². The van der Waals surface area contributed by atoms with E-state index in [1.165, 1.54) is 0 Å². The Morgan fingerprint density at radius 2 is 1.88 bits per heavy atom. The van der Waals surface area contributed by atoms with E-state index in [4.69, 9.17) is 0 Å². The lowest BCUT2D eigenvalue weighted by Gasteiger charge is -2.32. The number of benzene rings is 1. The summed E-state index contributed by atoms with van der Waals surface area (Å²) < 4.78 is 28.6. The molecule has 3 heterocycles. The van der Waals surface area contributed by atoms with E-state index in [2.05, 4.69) is 20.6 Å². The number of aromatic nitrogens is 4. The SMILES string of the molecule is Cc1cc(NC2CCN(S(=O)(=O)c3ccccc3)CC2)c2nncn2n1. The summed E-state index contributed by atoms with van der Waals surface area (Å²) in [5, 5.41) is 15.8. The monoisotopic (exact) mass is 372 g/mol. The second-order valence-corrected chi connectivity index (χ2v) is 8.37. The smallest absolute Gasteiger partial charge is 0.243 e. The number of nitrogens with one attached hydrogen (secondary N) is 1. The zero-order valence-corrected chi connectivity index (χ0v) is 15.2. The van der Waals surface area contributed by atoms with Crippen LogP contribution in [0.15, 0.2) is 47.6 Å². The lowest BCUT2D eigenvalue weighted by atomic mass is 10.1. The molecule has 4 rings (SSSR count). The Morgan fingerprint density at radius 3 is 2.62 bits per heavy atom. The number of hydrogen-bond acceptors (Lipinski definition) is 6. The highest BCUT2D eigenvalue weighted by atomic mass is 32.2. The number of piperidine rings is 1. The Labute approximate surface area is 151 Å². The molecular formula is C17H20N6O2S. The van der Waals surface area contributed by atoms with Crippen LogP contribution in [-0.4, -0.2) is 51.7 Å². The van der Waals surface area contributed by atoms with Crippen molar-refractivity contribution in [3.63, 3.8) is 0 Å². The molecule has 1 aliphatic heterocycles. The minimum atomic E-state index is -3.42. The van der Waals surface area contributed by atoms with E-state index >= 15 is 0 Å². The van der Waals surface area contributed by atoms with Crippen molar-refractivity contribution >= 4 is 21.4 Å². The summed E-state index contributed by atoms with van der Waals surface area (Å²) in [5.74, 6) is 0. The summed E-state index contributed by atoms with van der Waals surface area (Å²) in [6, 6.07) is 10.7. The van der Waals surface area contributed by atoms with E-state index in [1.54, 1.807) is 39.4 Å². The van der Waals surface area contributed by atoms with Crippen molar-refractivity contribution in [1.29, 1.82) is 0 Å². The third-order valence-electron chi connectivity index (χ3n) is 4.58. The second-order valence-electron chi connectivity index (χ2n) is 6.43. The maximum Gasteiger partial charge on any atom is 0.243 e. The summed E-state index contributed by atoms with van der Waals surface area (Å²) in [7, 11) is -3.42. The molecule has 136 valence electrons. The van der Waals surface area contributed by atoms with Gasteiger partial charge in [0.05, 0.1) is 16.3 Å². The molecule has 0 aliphatic carbocycles. The van der Waals surface area contributed by atoms with Gasteiger partial charge in [-0.3, -0.25) is 0 Å². The number of sulfonamides is 1. The highest BCUT2D eigenvalue weighted by Gasteiger charge is 2.29. The van der Waals surface area contributed by atoms with Gasteiger partial charge in [0.2, 0.25) is 15.7 Å². The molecule has 9 heteroatoms. The van der Waals surface area contributed by atoms with Crippen LogP contribution in [-0.2, 0) is 10.0 Å². The zero-order valence-electron chi connectivity index (χ0n) is 14.4. The lowest BCUT2D eigenvalue weighted by molar-refractivity contribution is 0.330. The van der Waals surface area contributed by atoms with Gasteiger partial charge in [0.15, 0.2) is 0 Å². The van der Waals surface area contributed by atoms with Crippen LogP contribution < -0.4 is 5.32 Å². The Balaban J connectivity index is 1.46. The Bertz CT molecular complexity index is 1010. The molecule has 0 bridgehead atoms. The fourth-order valence-electron chi connectivity index (χ4n) is 3.26. The fourth-order valence-corrected chi connectivity index (χ4v) is 4.75. The Kier molecular flexibility index (Phi) is 4.33. The minimum absolute atomic E-state index is 0.180. The summed E-state index contributed by atoms with van der Waals surface area (Å²) in [4.78, 5) is 0.348. The highest BCUT2D eigenvalue weighted by Crippen LogP contribution is 2.24. The maximum absolute atomic E-state index is 12.7. The van der Waals surface area contributed by atoms with Gasteiger partial charge in [0.1, 0.15) is 6.33 Å². The molecule has 0 radical (unpaired) electrons. The molecule has 1 aliphatic rings. The van der Waals surface area contributed by atoms with Crippen molar-refractivity contribution in [2.24, 2.45) is 0 Å². The van der Waals surface area contributed by atoms with Gasteiger partial charge >= 0.3 is 0 Å². The first-order chi connectivity index (χ1) is 12.5. The van der Waals surface area contributed by atoms with Crippen molar-refractivity contribution in [1.82, 2.24) is 24.1 Å². The van der Waals surface area contributed by atoms with Crippen LogP contribution in [0.3, 0.4) is 0 Å². The maximum atomic E-state index is 12.7. The molecule has 1 saturated heterocycles. The number of hydrogen-bond donors (Lipinski definition) is 1. The summed E-state index contributed by atoms with van der Waals surface area (Å²) in [5.41, 5.74) is 2.41. The molecule has 1 N–H and O–H groups in total. The number of anilines is 1. The molecule has 26 heavy (non-hydrogen) atoms. The largest absolute Gasteiger partial charge is 0.379 e. The van der Waals surface area contributed by atoms with E-state index in [0.717, 1.165) is 24.2 Å². The normalized spacial score (nSPS) is 16.8. The molecule has 1 aromatic carbocycles. The standard InChI is InChI=1S/C17H20N6O2S/c1-13-11-16(17-20-18-12-23(17)21-13)19-14-7-9-22(10-8-14)26(24,25)15-5-3-2-4-6-15/h2-6,11-12,14,19H,7-10H2,1H3. The van der Waals surface area contributed by atoms with Crippen LogP contribution in [0.1, 0.15) is 18.5 Å². The summed E-state index contributed by atoms with van der Waals surface area (Å²) >= 11 is 0. The number of nitrogens with zero attached hydrogens (tertiary/aromatic N) is 5. The van der Waals surface area contributed by atoms with Gasteiger partial charge in [0.25, 0.3) is 0 Å². The lowest BCUT2D eigenvalue weighted by Crippen LogP contribution is -2.42. The quantitative estimate of drug-likeness (QED) is 0.749. The fraction of sp³-hybridized carbons (Fsp3) is 0.353. The molecule has 0 amide bonds. The average molecular weight is 372 g/mol. The molecule has 2 aromatic heterocycles. The third kappa shape index (κ3) is 3.15. The number of fused-ring (bicyclic) bond motifs is 1. The number of aryl methyl sites for hydroxylation is 1. The van der Waals surface area contributed by atoms with Crippen LogP contribution >= 0.6 is 0 Å². The molecule has 8 nitrogen and oxygen atoms in total. The van der Waals surface area contributed by atoms with E-state index in [0.29, 0.717) is 23.6 Å². The summed E-state index contributed by atoms with van der Waals surface area (Å²) in [6.45, 7) is 2.89. The molecule has 3 aromatic rings. The Hall–Kier alpha value is -2.52. The van der Waals surface area contributed by atoms with Crippen molar-refractivity contribution in [3.05, 3.63) is 48.4 Å². The number of rotatable bonds is 4.